The number of H-pyrrole nitrogens is 1. The quantitative estimate of drug-likeness (QED) is 0.0259. The molecule has 0 radical (unpaired) electrons. The molecule has 5 amide bonds. The number of benzene rings is 1. The lowest BCUT2D eigenvalue weighted by molar-refractivity contribution is -0.137. The maximum atomic E-state index is 14.3. The number of hydrogen-bond donors (Lipinski definition) is 10. The molecule has 0 saturated heterocycles. The normalized spacial score (nSPS) is 13.3. The summed E-state index contributed by atoms with van der Waals surface area (Å²) in [6.45, 7) is 4.44. The van der Waals surface area contributed by atoms with Crippen LogP contribution in [-0.4, -0.2) is 99.8 Å². The Bertz CT molecular complexity index is 1710. The van der Waals surface area contributed by atoms with Gasteiger partial charge >= 0.3 is 5.97 Å². The van der Waals surface area contributed by atoms with Crippen LogP contribution in [-0.2, 0) is 41.6 Å². The van der Waals surface area contributed by atoms with Crippen LogP contribution in [0.15, 0.2) is 47.8 Å². The molecular weight excluding hydrogens is 843 g/mol. The van der Waals surface area contributed by atoms with Gasteiger partial charge in [0.05, 0.1) is 6.33 Å². The molecule has 18 heteroatoms. The first kappa shape index (κ1) is 56.6. The molecule has 2 aromatic rings. The first-order chi connectivity index (χ1) is 31.8. The van der Waals surface area contributed by atoms with E-state index in [0.717, 1.165) is 24.8 Å². The Morgan fingerprint density at radius 2 is 1.17 bits per heavy atom. The highest BCUT2D eigenvalue weighted by Crippen LogP contribution is 2.14. The Kier molecular flexibility index (Phi) is 29.8. The lowest BCUT2D eigenvalue weighted by Crippen LogP contribution is -2.59. The summed E-state index contributed by atoms with van der Waals surface area (Å²) in [6.07, 6.45) is 20.5. The van der Waals surface area contributed by atoms with Gasteiger partial charge in [0.25, 0.3) is 0 Å². The lowest BCUT2D eigenvalue weighted by atomic mass is 10.0. The zero-order chi connectivity index (χ0) is 48.4. The van der Waals surface area contributed by atoms with Crippen molar-refractivity contribution in [1.82, 2.24) is 36.6 Å². The van der Waals surface area contributed by atoms with Gasteiger partial charge < -0.3 is 53.9 Å². The zero-order valence-corrected chi connectivity index (χ0v) is 39.6. The molecule has 13 N–H and O–H groups in total. The molecule has 66 heavy (non-hydrogen) atoms. The smallest absolute Gasteiger partial charge is 0.303 e. The van der Waals surface area contributed by atoms with Gasteiger partial charge in [0, 0.05) is 50.2 Å². The number of rotatable bonds is 38. The van der Waals surface area contributed by atoms with Gasteiger partial charge in [-0.3, -0.25) is 33.8 Å². The van der Waals surface area contributed by atoms with Crippen molar-refractivity contribution in [2.45, 2.75) is 192 Å². The Morgan fingerprint density at radius 1 is 0.636 bits per heavy atom. The molecule has 1 aromatic heterocycles. The standard InChI is InChI=1S/C48H81N11O7/c1-3-4-5-6-7-8-9-10-11-12-13-14-18-26-42(60)56-41(32-37-33-52-34-54-37)47(66)59-40(31-36-22-16-15-17-23-36)46(65)58-39(25-21-30-53-48(50)51)45(64)57-38(24-19-20-29-49)44(63)55-35(2)27-28-43(61)62/h15-17,22-23,33-35,38-41H,3-14,18-21,24-32,49H2,1-2H3,(H,52,54)(H,55,63)(H,56,60)(H,57,64)(H,58,65)(H,59,66)(H,61,62)(H4,50,51,53)/t35-,38+,39+,40+,41+/m1/s1. The third kappa shape index (κ3) is 26.4. The van der Waals surface area contributed by atoms with Gasteiger partial charge in [-0.1, -0.05) is 114 Å². The molecule has 1 heterocycles. The van der Waals surface area contributed by atoms with Crippen LogP contribution in [0, 0.1) is 0 Å². The summed E-state index contributed by atoms with van der Waals surface area (Å²) in [5.74, 6) is -3.83. The highest BCUT2D eigenvalue weighted by atomic mass is 16.4. The fourth-order valence-corrected chi connectivity index (χ4v) is 7.56. The summed E-state index contributed by atoms with van der Waals surface area (Å²) in [7, 11) is 0. The number of aliphatic imine (C=N–C) groups is 1. The number of guanidine groups is 1. The summed E-state index contributed by atoms with van der Waals surface area (Å²) in [4.78, 5) is 91.5. The minimum absolute atomic E-state index is 0.0583. The number of carbonyl (C=O) groups is 6. The molecule has 2 rings (SSSR count). The highest BCUT2D eigenvalue weighted by molar-refractivity contribution is 5.95. The number of imidazole rings is 1. The SMILES string of the molecule is CCCCCCCCCCCCCCCC(=O)N[C@@H](Cc1cnc[nH]1)C(=O)N[C@@H](Cc1ccccc1)C(=O)N[C@@H](CCCN=C(N)N)C(=O)N[C@@H](CCCCN)C(=O)N[C@H](C)CCC(=O)O. The molecule has 0 aliphatic rings. The lowest BCUT2D eigenvalue weighted by Gasteiger charge is -2.27. The third-order valence-corrected chi connectivity index (χ3v) is 11.4. The Morgan fingerprint density at radius 3 is 1.71 bits per heavy atom. The zero-order valence-electron chi connectivity index (χ0n) is 39.6. The van der Waals surface area contributed by atoms with Crippen LogP contribution in [0.4, 0.5) is 0 Å². The number of aliphatic carboxylic acids is 1. The van der Waals surface area contributed by atoms with E-state index in [1.807, 2.05) is 30.3 Å². The average molecular weight is 924 g/mol. The molecule has 18 nitrogen and oxygen atoms in total. The van der Waals surface area contributed by atoms with Crippen molar-refractivity contribution >= 4 is 41.5 Å². The average Bonchev–Trinajstić information content (AvgIpc) is 3.81. The Labute approximate surface area is 392 Å². The van der Waals surface area contributed by atoms with Gasteiger partial charge in [-0.2, -0.15) is 0 Å². The predicted octanol–water partition coefficient (Wildman–Crippen LogP) is 4.17. The highest BCUT2D eigenvalue weighted by Gasteiger charge is 2.32. The van der Waals surface area contributed by atoms with E-state index in [2.05, 4.69) is 48.5 Å². The minimum Gasteiger partial charge on any atom is -0.481 e. The molecule has 0 fully saturated rings. The van der Waals surface area contributed by atoms with Gasteiger partial charge in [0.2, 0.25) is 29.5 Å². The van der Waals surface area contributed by atoms with Crippen LogP contribution in [0.3, 0.4) is 0 Å². The van der Waals surface area contributed by atoms with E-state index in [0.29, 0.717) is 31.5 Å². The maximum absolute atomic E-state index is 14.3. The van der Waals surface area contributed by atoms with Gasteiger partial charge in [0.15, 0.2) is 5.96 Å². The molecular formula is C48H81N11O7. The number of unbranched alkanes of at least 4 members (excludes halogenated alkanes) is 13. The molecule has 0 aliphatic heterocycles. The number of hydrogen-bond acceptors (Lipinski definition) is 9. The van der Waals surface area contributed by atoms with E-state index in [1.165, 1.54) is 64.1 Å². The van der Waals surface area contributed by atoms with E-state index in [-0.39, 0.29) is 69.8 Å². The molecule has 0 aliphatic carbocycles. The van der Waals surface area contributed by atoms with Crippen molar-refractivity contribution in [3.8, 4) is 0 Å². The summed E-state index contributed by atoms with van der Waals surface area (Å²) in [5.41, 5.74) is 18.1. The molecule has 5 atom stereocenters. The van der Waals surface area contributed by atoms with E-state index in [9.17, 15) is 28.8 Å². The first-order valence-corrected chi connectivity index (χ1v) is 24.3. The monoisotopic (exact) mass is 924 g/mol. The number of nitrogens with zero attached hydrogens (tertiary/aromatic N) is 2. The number of carboxylic acid groups (broad SMARTS) is 1. The molecule has 370 valence electrons. The van der Waals surface area contributed by atoms with Crippen molar-refractivity contribution in [3.05, 3.63) is 54.1 Å². The summed E-state index contributed by atoms with van der Waals surface area (Å²) in [5, 5.41) is 23.2. The number of amides is 5. The molecule has 0 saturated carbocycles. The number of aromatic nitrogens is 2. The second-order valence-corrected chi connectivity index (χ2v) is 17.3. The van der Waals surface area contributed by atoms with Crippen molar-refractivity contribution in [1.29, 1.82) is 0 Å². The van der Waals surface area contributed by atoms with Crippen LogP contribution in [0.2, 0.25) is 0 Å². The van der Waals surface area contributed by atoms with Crippen LogP contribution in [0.25, 0.3) is 0 Å². The first-order valence-electron chi connectivity index (χ1n) is 24.3. The van der Waals surface area contributed by atoms with Crippen molar-refractivity contribution in [3.63, 3.8) is 0 Å². The van der Waals surface area contributed by atoms with Gasteiger partial charge in [-0.05, 0) is 64.0 Å². The molecule has 1 aromatic carbocycles. The van der Waals surface area contributed by atoms with E-state index < -0.39 is 59.8 Å². The van der Waals surface area contributed by atoms with Crippen LogP contribution >= 0.6 is 0 Å². The second kappa shape index (κ2) is 34.8. The number of carboxylic acids is 1. The van der Waals surface area contributed by atoms with E-state index >= 15 is 0 Å². The van der Waals surface area contributed by atoms with Crippen LogP contribution in [0.1, 0.15) is 160 Å². The second-order valence-electron chi connectivity index (χ2n) is 17.3. The Hall–Kier alpha value is -5.52. The number of nitrogens with one attached hydrogen (secondary N) is 6. The number of carbonyl (C=O) groups excluding carboxylic acids is 5. The van der Waals surface area contributed by atoms with Crippen molar-refractivity contribution in [2.75, 3.05) is 13.1 Å². The van der Waals surface area contributed by atoms with Crippen LogP contribution in [0.5, 0.6) is 0 Å². The number of aromatic amines is 1. The van der Waals surface area contributed by atoms with Gasteiger partial charge in [0.1, 0.15) is 24.2 Å². The van der Waals surface area contributed by atoms with Gasteiger partial charge in [-0.25, -0.2) is 4.98 Å². The largest absolute Gasteiger partial charge is 0.481 e. The fraction of sp³-hybridized carbons (Fsp3) is 0.667. The third-order valence-electron chi connectivity index (χ3n) is 11.4. The maximum Gasteiger partial charge on any atom is 0.303 e. The van der Waals surface area contributed by atoms with Crippen molar-refractivity contribution < 1.29 is 33.9 Å². The number of nitrogens with two attached hydrogens (primary N) is 3. The molecule has 0 spiro atoms. The molecule has 0 bridgehead atoms. The fourth-order valence-electron chi connectivity index (χ4n) is 7.56. The Balaban J connectivity index is 2.21. The minimum atomic E-state index is -1.19. The molecule has 0 unspecified atom stereocenters. The summed E-state index contributed by atoms with van der Waals surface area (Å²) in [6, 6.07) is 4.15. The van der Waals surface area contributed by atoms with E-state index in [4.69, 9.17) is 22.3 Å². The van der Waals surface area contributed by atoms with Crippen LogP contribution < -0.4 is 43.8 Å². The predicted molar refractivity (Wildman–Crippen MR) is 258 cm³/mol. The van der Waals surface area contributed by atoms with E-state index in [1.54, 1.807) is 13.1 Å². The topological polar surface area (TPSA) is 302 Å². The van der Waals surface area contributed by atoms with Crippen molar-refractivity contribution in [2.24, 2.45) is 22.2 Å². The summed E-state index contributed by atoms with van der Waals surface area (Å²) < 4.78 is 0. The van der Waals surface area contributed by atoms with Gasteiger partial charge in [-0.15, -0.1) is 0 Å². The summed E-state index contributed by atoms with van der Waals surface area (Å²) >= 11 is 0.